The number of ether oxygens (including phenoxy) is 1. The van der Waals surface area contributed by atoms with Gasteiger partial charge in [0.1, 0.15) is 11.6 Å². The van der Waals surface area contributed by atoms with Gasteiger partial charge in [-0.1, -0.05) is 18.2 Å². The number of thiazole rings is 1. The molecule has 1 aliphatic heterocycles. The number of amides is 1. The molecule has 0 N–H and O–H groups in total. The number of carbonyl (C=O) groups is 1. The van der Waals surface area contributed by atoms with Crippen molar-refractivity contribution in [2.45, 2.75) is 13.5 Å². The van der Waals surface area contributed by atoms with Gasteiger partial charge in [-0.2, -0.15) is 0 Å². The molecule has 1 saturated heterocycles. The summed E-state index contributed by atoms with van der Waals surface area (Å²) in [6, 6.07) is 8.42. The molecule has 4 rings (SSSR count). The van der Waals surface area contributed by atoms with E-state index in [1.54, 1.807) is 27.6 Å². The number of aryl methyl sites for hydroxylation is 1. The highest BCUT2D eigenvalue weighted by atomic mass is 32.1. The Morgan fingerprint density at radius 1 is 1.36 bits per heavy atom. The van der Waals surface area contributed by atoms with Crippen LogP contribution >= 0.6 is 22.7 Å². The van der Waals surface area contributed by atoms with E-state index in [0.717, 1.165) is 10.7 Å². The van der Waals surface area contributed by atoms with Gasteiger partial charge in [-0.3, -0.25) is 4.90 Å². The number of hydrogen-bond acceptors (Lipinski definition) is 5. The molecule has 3 aromatic rings. The van der Waals surface area contributed by atoms with Crippen LogP contribution in [-0.2, 0) is 11.3 Å². The Morgan fingerprint density at radius 3 is 3.00 bits per heavy atom. The minimum atomic E-state index is -0.241. The molecule has 22 heavy (non-hydrogen) atoms. The van der Waals surface area contributed by atoms with E-state index in [9.17, 15) is 4.79 Å². The van der Waals surface area contributed by atoms with Crippen molar-refractivity contribution in [1.29, 1.82) is 0 Å². The quantitative estimate of drug-likeness (QED) is 0.719. The molecule has 0 aliphatic carbocycles. The molecule has 0 bridgehead atoms. The highest BCUT2D eigenvalue weighted by Crippen LogP contribution is 2.38. The molecule has 3 heterocycles. The lowest BCUT2D eigenvalue weighted by molar-refractivity contribution is 0.157. The third-order valence-corrected chi connectivity index (χ3v) is 5.93. The molecule has 4 nitrogen and oxygen atoms in total. The fourth-order valence-electron chi connectivity index (χ4n) is 2.64. The van der Waals surface area contributed by atoms with Crippen LogP contribution in [0.3, 0.4) is 0 Å². The summed E-state index contributed by atoms with van der Waals surface area (Å²) in [6.07, 6.45) is -0.241. The second kappa shape index (κ2) is 5.37. The minimum Gasteiger partial charge on any atom is -0.448 e. The summed E-state index contributed by atoms with van der Waals surface area (Å²) in [5.41, 5.74) is 2.28. The van der Waals surface area contributed by atoms with Gasteiger partial charge in [-0.05, 0) is 23.9 Å². The molecular weight excluding hydrogens is 316 g/mol. The van der Waals surface area contributed by atoms with Crippen LogP contribution in [0.2, 0.25) is 0 Å². The van der Waals surface area contributed by atoms with Crippen molar-refractivity contribution in [2.75, 3.05) is 13.2 Å². The number of rotatable bonds is 3. The molecule has 0 unspecified atom stereocenters. The summed E-state index contributed by atoms with van der Waals surface area (Å²) in [7, 11) is 0. The Bertz CT molecular complexity index is 853. The van der Waals surface area contributed by atoms with Crippen LogP contribution in [0.15, 0.2) is 29.6 Å². The molecule has 0 atom stereocenters. The molecule has 0 radical (unpaired) electrons. The zero-order valence-electron chi connectivity index (χ0n) is 12.0. The predicted molar refractivity (Wildman–Crippen MR) is 89.4 cm³/mol. The van der Waals surface area contributed by atoms with Crippen molar-refractivity contribution < 1.29 is 9.53 Å². The lowest BCUT2D eigenvalue weighted by Gasteiger charge is -2.09. The molecular formula is C16H14N2O2S2. The predicted octanol–water partition coefficient (Wildman–Crippen LogP) is 4.29. The van der Waals surface area contributed by atoms with Gasteiger partial charge in [-0.15, -0.1) is 22.7 Å². The molecule has 6 heteroatoms. The number of benzene rings is 1. The number of thiophene rings is 1. The van der Waals surface area contributed by atoms with Gasteiger partial charge < -0.3 is 4.74 Å². The average molecular weight is 330 g/mol. The Balaban J connectivity index is 1.65. The summed E-state index contributed by atoms with van der Waals surface area (Å²) in [4.78, 5) is 19.1. The number of carbonyl (C=O) groups excluding carboxylic acids is 1. The highest BCUT2D eigenvalue weighted by molar-refractivity contribution is 7.22. The van der Waals surface area contributed by atoms with Gasteiger partial charge in [0.25, 0.3) is 0 Å². The van der Waals surface area contributed by atoms with E-state index in [1.807, 2.05) is 0 Å². The van der Waals surface area contributed by atoms with Crippen molar-refractivity contribution in [1.82, 2.24) is 9.88 Å². The van der Waals surface area contributed by atoms with Crippen LogP contribution < -0.4 is 0 Å². The SMILES string of the molecule is Cc1c(-c2csc(CN3CCOC3=O)n2)sc2ccccc12. The average Bonchev–Trinajstić information content (AvgIpc) is 3.21. The Labute approximate surface area is 136 Å². The third-order valence-electron chi connectivity index (χ3n) is 3.80. The van der Waals surface area contributed by atoms with Gasteiger partial charge in [0.2, 0.25) is 0 Å². The summed E-state index contributed by atoms with van der Waals surface area (Å²) >= 11 is 3.37. The Morgan fingerprint density at radius 2 is 2.23 bits per heavy atom. The van der Waals surface area contributed by atoms with Crippen molar-refractivity contribution in [3.8, 4) is 10.6 Å². The van der Waals surface area contributed by atoms with Crippen LogP contribution in [0.1, 0.15) is 10.6 Å². The maximum absolute atomic E-state index is 11.5. The van der Waals surface area contributed by atoms with E-state index in [4.69, 9.17) is 9.72 Å². The molecule has 0 spiro atoms. The lowest BCUT2D eigenvalue weighted by atomic mass is 10.1. The van der Waals surface area contributed by atoms with Gasteiger partial charge in [0.05, 0.1) is 23.7 Å². The first-order valence-electron chi connectivity index (χ1n) is 7.07. The number of nitrogens with zero attached hydrogens (tertiary/aromatic N) is 2. The second-order valence-corrected chi connectivity index (χ2v) is 7.21. The molecule has 1 aliphatic rings. The smallest absolute Gasteiger partial charge is 0.410 e. The van der Waals surface area contributed by atoms with Crippen LogP contribution in [0.25, 0.3) is 20.7 Å². The van der Waals surface area contributed by atoms with Crippen LogP contribution in [-0.4, -0.2) is 29.1 Å². The molecule has 1 fully saturated rings. The van der Waals surface area contributed by atoms with Crippen molar-refractivity contribution >= 4 is 38.9 Å². The largest absolute Gasteiger partial charge is 0.448 e. The molecule has 2 aromatic heterocycles. The Hall–Kier alpha value is -1.92. The number of hydrogen-bond donors (Lipinski definition) is 0. The summed E-state index contributed by atoms with van der Waals surface area (Å²) in [5, 5.41) is 4.32. The fourth-order valence-corrected chi connectivity index (χ4v) is 4.68. The molecule has 112 valence electrons. The van der Waals surface area contributed by atoms with Gasteiger partial charge in [-0.25, -0.2) is 9.78 Å². The molecule has 1 amide bonds. The van der Waals surface area contributed by atoms with Crippen molar-refractivity contribution in [2.24, 2.45) is 0 Å². The van der Waals surface area contributed by atoms with Crippen LogP contribution in [0.5, 0.6) is 0 Å². The number of cyclic esters (lactones) is 1. The summed E-state index contributed by atoms with van der Waals surface area (Å²) in [6.45, 7) is 3.81. The van der Waals surface area contributed by atoms with E-state index in [1.165, 1.54) is 20.5 Å². The fraction of sp³-hybridized carbons (Fsp3) is 0.250. The van der Waals surface area contributed by atoms with E-state index < -0.39 is 0 Å². The lowest BCUT2D eigenvalue weighted by Crippen LogP contribution is -2.23. The zero-order valence-corrected chi connectivity index (χ0v) is 13.7. The van der Waals surface area contributed by atoms with Crippen LogP contribution in [0, 0.1) is 6.92 Å². The highest BCUT2D eigenvalue weighted by Gasteiger charge is 2.23. The summed E-state index contributed by atoms with van der Waals surface area (Å²) in [5.74, 6) is 0. The second-order valence-electron chi connectivity index (χ2n) is 5.21. The molecule has 1 aromatic carbocycles. The van der Waals surface area contributed by atoms with Gasteiger partial charge in [0, 0.05) is 10.1 Å². The number of fused-ring (bicyclic) bond motifs is 1. The first kappa shape index (κ1) is 13.7. The van der Waals surface area contributed by atoms with Crippen molar-refractivity contribution in [3.63, 3.8) is 0 Å². The van der Waals surface area contributed by atoms with Gasteiger partial charge in [0.15, 0.2) is 0 Å². The third kappa shape index (κ3) is 2.28. The Kier molecular flexibility index (Phi) is 3.35. The van der Waals surface area contributed by atoms with E-state index in [0.29, 0.717) is 19.7 Å². The maximum atomic E-state index is 11.5. The van der Waals surface area contributed by atoms with Gasteiger partial charge >= 0.3 is 6.09 Å². The minimum absolute atomic E-state index is 0.241. The van der Waals surface area contributed by atoms with Crippen LogP contribution in [0.4, 0.5) is 4.79 Å². The molecule has 0 saturated carbocycles. The summed E-state index contributed by atoms with van der Waals surface area (Å²) < 4.78 is 6.24. The maximum Gasteiger partial charge on any atom is 0.410 e. The first-order chi connectivity index (χ1) is 10.7. The van der Waals surface area contributed by atoms with E-state index >= 15 is 0 Å². The van der Waals surface area contributed by atoms with E-state index in [2.05, 4.69) is 36.6 Å². The topological polar surface area (TPSA) is 42.4 Å². The number of aromatic nitrogens is 1. The van der Waals surface area contributed by atoms with E-state index in [-0.39, 0.29) is 6.09 Å². The monoisotopic (exact) mass is 330 g/mol. The normalized spacial score (nSPS) is 14.8. The standard InChI is InChI=1S/C16H14N2O2S2/c1-10-11-4-2-3-5-13(11)22-15(10)12-9-21-14(17-12)8-18-6-7-20-16(18)19/h2-5,9H,6-8H2,1H3. The zero-order chi connectivity index (χ0) is 15.1. The first-order valence-corrected chi connectivity index (χ1v) is 8.76. The van der Waals surface area contributed by atoms with Crippen molar-refractivity contribution in [3.05, 3.63) is 40.2 Å².